The molecule has 0 fully saturated rings. The van der Waals surface area contributed by atoms with Gasteiger partial charge in [-0.1, -0.05) is 13.8 Å². The number of amides is 2. The van der Waals surface area contributed by atoms with Crippen molar-refractivity contribution in [2.45, 2.75) is 13.8 Å². The fourth-order valence-electron chi connectivity index (χ4n) is 2.77. The Morgan fingerprint density at radius 3 is 2.33 bits per heavy atom. The van der Waals surface area contributed by atoms with Crippen molar-refractivity contribution in [3.05, 3.63) is 52.5 Å². The van der Waals surface area contributed by atoms with E-state index in [0.717, 1.165) is 0 Å². The van der Waals surface area contributed by atoms with Crippen molar-refractivity contribution in [3.8, 4) is 11.5 Å². The van der Waals surface area contributed by atoms with E-state index in [2.05, 4.69) is 36.5 Å². The zero-order chi connectivity index (χ0) is 24.4. The van der Waals surface area contributed by atoms with Crippen molar-refractivity contribution in [1.82, 2.24) is 5.43 Å². The van der Waals surface area contributed by atoms with Crippen molar-refractivity contribution in [1.29, 1.82) is 0 Å². The monoisotopic (exact) mass is 519 g/mol. The molecule has 0 aliphatic rings. The number of carbonyl (C=O) groups excluding carboxylic acids is 3. The summed E-state index contributed by atoms with van der Waals surface area (Å²) in [5.74, 6) is -1.52. The van der Waals surface area contributed by atoms with Gasteiger partial charge in [0.05, 0.1) is 24.9 Å². The molecule has 0 saturated carbocycles. The number of ether oxygens (including phenoxy) is 3. The van der Waals surface area contributed by atoms with Crippen LogP contribution in [0.15, 0.2) is 52.0 Å². The Morgan fingerprint density at radius 1 is 1.06 bits per heavy atom. The largest absolute Gasteiger partial charge is 0.497 e. The molecule has 1 unspecified atom stereocenters. The van der Waals surface area contributed by atoms with Gasteiger partial charge in [0.25, 0.3) is 5.91 Å². The highest BCUT2D eigenvalue weighted by molar-refractivity contribution is 9.10. The molecule has 0 aromatic heterocycles. The Hall–Kier alpha value is -3.40. The second kappa shape index (κ2) is 12.6. The first-order valence-electron chi connectivity index (χ1n) is 10.0. The Morgan fingerprint density at radius 2 is 1.76 bits per heavy atom. The molecule has 33 heavy (non-hydrogen) atoms. The van der Waals surface area contributed by atoms with Crippen LogP contribution in [0.1, 0.15) is 19.4 Å². The molecule has 176 valence electrons. The summed E-state index contributed by atoms with van der Waals surface area (Å²) < 4.78 is 15.6. The maximum absolute atomic E-state index is 12.7. The Bertz CT molecular complexity index is 1010. The van der Waals surface area contributed by atoms with E-state index in [-0.39, 0.29) is 12.5 Å². The number of hydrogen-bond acceptors (Lipinski definition) is 7. The highest BCUT2D eigenvalue weighted by atomic mass is 79.9. The molecule has 2 N–H and O–H groups in total. The molecule has 0 saturated heterocycles. The summed E-state index contributed by atoms with van der Waals surface area (Å²) in [6.07, 6.45) is 1.44. The maximum Gasteiger partial charge on any atom is 0.343 e. The topological polar surface area (TPSA) is 115 Å². The number of methoxy groups -OCH3 is 2. The molecule has 0 bridgehead atoms. The lowest BCUT2D eigenvalue weighted by atomic mass is 9.94. The number of anilines is 1. The van der Waals surface area contributed by atoms with Crippen molar-refractivity contribution in [2.75, 3.05) is 26.1 Å². The van der Waals surface area contributed by atoms with E-state index < -0.39 is 23.7 Å². The number of hydrogen-bond donors (Lipinski definition) is 2. The van der Waals surface area contributed by atoms with Gasteiger partial charge in [0.15, 0.2) is 6.61 Å². The molecule has 0 aliphatic heterocycles. The quantitative estimate of drug-likeness (QED) is 0.215. The van der Waals surface area contributed by atoms with Gasteiger partial charge in [0.1, 0.15) is 17.4 Å². The third-order valence-electron chi connectivity index (χ3n) is 4.51. The van der Waals surface area contributed by atoms with E-state index in [1.807, 2.05) is 0 Å². The first kappa shape index (κ1) is 25.9. The third-order valence-corrected chi connectivity index (χ3v) is 5.13. The van der Waals surface area contributed by atoms with Crippen LogP contribution in [0.25, 0.3) is 0 Å². The smallest absolute Gasteiger partial charge is 0.343 e. The average molecular weight is 520 g/mol. The summed E-state index contributed by atoms with van der Waals surface area (Å²) in [5.41, 5.74) is 3.64. The van der Waals surface area contributed by atoms with Crippen molar-refractivity contribution in [3.63, 3.8) is 0 Å². The van der Waals surface area contributed by atoms with Gasteiger partial charge < -0.3 is 19.5 Å². The fourth-order valence-corrected chi connectivity index (χ4v) is 3.28. The van der Waals surface area contributed by atoms with E-state index in [1.54, 1.807) is 63.4 Å². The van der Waals surface area contributed by atoms with E-state index in [0.29, 0.717) is 27.2 Å². The lowest BCUT2D eigenvalue weighted by Crippen LogP contribution is -2.39. The van der Waals surface area contributed by atoms with Crippen molar-refractivity contribution in [2.24, 2.45) is 16.9 Å². The Labute approximate surface area is 200 Å². The van der Waals surface area contributed by atoms with Gasteiger partial charge >= 0.3 is 5.97 Å². The molecular weight excluding hydrogens is 494 g/mol. The summed E-state index contributed by atoms with van der Waals surface area (Å²) in [6.45, 7) is 3.35. The predicted molar refractivity (Wildman–Crippen MR) is 127 cm³/mol. The second-order valence-electron chi connectivity index (χ2n) is 7.23. The Balaban J connectivity index is 1.98. The lowest BCUT2D eigenvalue weighted by molar-refractivity contribution is -0.143. The first-order chi connectivity index (χ1) is 15.7. The minimum absolute atomic E-state index is 0.215. The van der Waals surface area contributed by atoms with Crippen LogP contribution in [0.4, 0.5) is 5.69 Å². The fraction of sp³-hybridized carbons (Fsp3) is 0.304. The summed E-state index contributed by atoms with van der Waals surface area (Å²) in [4.78, 5) is 36.5. The minimum atomic E-state index is -0.940. The molecule has 2 rings (SSSR count). The minimum Gasteiger partial charge on any atom is -0.497 e. The molecule has 2 amide bonds. The number of halogens is 1. The molecule has 10 heteroatoms. The highest BCUT2D eigenvalue weighted by Gasteiger charge is 2.30. The van der Waals surface area contributed by atoms with Crippen molar-refractivity contribution >= 4 is 45.6 Å². The predicted octanol–water partition coefficient (Wildman–Crippen LogP) is 3.37. The van der Waals surface area contributed by atoms with Crippen LogP contribution in [0.2, 0.25) is 0 Å². The average Bonchev–Trinajstić information content (AvgIpc) is 2.78. The van der Waals surface area contributed by atoms with Crippen LogP contribution in [0, 0.1) is 11.8 Å². The number of esters is 1. The van der Waals surface area contributed by atoms with Crippen LogP contribution in [-0.4, -0.2) is 44.8 Å². The molecule has 2 aromatic rings. The number of nitrogens with one attached hydrogen (secondary N) is 2. The molecule has 2 aromatic carbocycles. The summed E-state index contributed by atoms with van der Waals surface area (Å²) >= 11 is 3.35. The first-order valence-corrected chi connectivity index (χ1v) is 10.8. The highest BCUT2D eigenvalue weighted by Crippen LogP contribution is 2.25. The van der Waals surface area contributed by atoms with Crippen LogP contribution >= 0.6 is 15.9 Å². The molecule has 1 atom stereocenters. The molecule has 9 nitrogen and oxygen atoms in total. The number of hydrazone groups is 1. The van der Waals surface area contributed by atoms with Gasteiger partial charge in [-0.05, 0) is 69.9 Å². The molecular formula is C23H26BrN3O6. The SMILES string of the molecule is COC(=O)COc1ccc(C=NNC(=O)C(C(=O)Nc2ccc(OC)cc2)C(C)C)cc1Br. The standard InChI is InChI=1S/C23H26BrN3O6/c1-14(2)21(22(29)26-16-6-8-17(31-3)9-7-16)23(30)27-25-12-15-5-10-19(18(24)11-15)33-13-20(28)32-4/h5-12,14,21H,13H2,1-4H3,(H,26,29)(H,27,30). The van der Waals surface area contributed by atoms with E-state index in [4.69, 9.17) is 9.47 Å². The molecule has 0 spiro atoms. The van der Waals surface area contributed by atoms with Gasteiger partial charge in [-0.25, -0.2) is 10.2 Å². The molecule has 0 aliphatic carbocycles. The molecule has 0 heterocycles. The number of nitrogens with zero attached hydrogens (tertiary/aromatic N) is 1. The number of carbonyl (C=O) groups is 3. The summed E-state index contributed by atoms with van der Waals surface area (Å²) in [6, 6.07) is 11.9. The van der Waals surface area contributed by atoms with Crippen LogP contribution in [0.3, 0.4) is 0 Å². The zero-order valence-corrected chi connectivity index (χ0v) is 20.3. The van der Waals surface area contributed by atoms with Gasteiger partial charge in [-0.3, -0.25) is 9.59 Å². The Kier molecular flexibility index (Phi) is 9.86. The number of rotatable bonds is 10. The third kappa shape index (κ3) is 7.90. The van der Waals surface area contributed by atoms with E-state index in [1.165, 1.54) is 13.3 Å². The van der Waals surface area contributed by atoms with Crippen LogP contribution in [0.5, 0.6) is 11.5 Å². The summed E-state index contributed by atoms with van der Waals surface area (Å²) in [7, 11) is 2.83. The summed E-state index contributed by atoms with van der Waals surface area (Å²) in [5, 5.41) is 6.70. The van der Waals surface area contributed by atoms with Gasteiger partial charge in [-0.2, -0.15) is 5.10 Å². The van der Waals surface area contributed by atoms with E-state index in [9.17, 15) is 14.4 Å². The van der Waals surface area contributed by atoms with E-state index >= 15 is 0 Å². The normalized spacial score (nSPS) is 11.7. The van der Waals surface area contributed by atoms with Gasteiger partial charge in [0.2, 0.25) is 5.91 Å². The second-order valence-corrected chi connectivity index (χ2v) is 8.08. The zero-order valence-electron chi connectivity index (χ0n) is 18.8. The lowest BCUT2D eigenvalue weighted by Gasteiger charge is -2.18. The van der Waals surface area contributed by atoms with Gasteiger partial charge in [-0.15, -0.1) is 0 Å². The number of benzene rings is 2. The molecule has 0 radical (unpaired) electrons. The van der Waals surface area contributed by atoms with Crippen LogP contribution < -0.4 is 20.2 Å². The maximum atomic E-state index is 12.7. The van der Waals surface area contributed by atoms with Crippen LogP contribution in [-0.2, 0) is 19.1 Å². The van der Waals surface area contributed by atoms with Gasteiger partial charge in [0, 0.05) is 5.69 Å². The van der Waals surface area contributed by atoms with Crippen molar-refractivity contribution < 1.29 is 28.6 Å².